The van der Waals surface area contributed by atoms with Crippen LogP contribution in [0.2, 0.25) is 0 Å². The van der Waals surface area contributed by atoms with Gasteiger partial charge in [-0.05, 0) is 32.8 Å². The summed E-state index contributed by atoms with van der Waals surface area (Å²) in [5, 5.41) is 17.0. The molecule has 0 bridgehead atoms. The molecule has 0 radical (unpaired) electrons. The van der Waals surface area contributed by atoms with Crippen molar-refractivity contribution in [2.24, 2.45) is 0 Å². The predicted octanol–water partition coefficient (Wildman–Crippen LogP) is 3.91. The molecule has 3 heterocycles. The van der Waals surface area contributed by atoms with E-state index in [0.717, 1.165) is 35.1 Å². The minimum Gasteiger partial charge on any atom is -0.475 e. The summed E-state index contributed by atoms with van der Waals surface area (Å²) in [5.41, 5.74) is 9.50. The number of nitrogens with zero attached hydrogens (tertiary/aromatic N) is 4. The lowest BCUT2D eigenvalue weighted by Crippen LogP contribution is -2.21. The highest BCUT2D eigenvalue weighted by Gasteiger charge is 2.38. The highest BCUT2D eigenvalue weighted by molar-refractivity contribution is 6.00. The van der Waals surface area contributed by atoms with Gasteiger partial charge in [-0.25, -0.2) is 9.78 Å². The number of nitrogen functional groups attached to an aromatic ring is 1. The van der Waals surface area contributed by atoms with Crippen LogP contribution in [0, 0.1) is 0 Å². The maximum Gasteiger partial charge on any atom is 0.490 e. The molecule has 0 spiro atoms. The molecule has 3 aromatic heterocycles. The van der Waals surface area contributed by atoms with Crippen molar-refractivity contribution in [1.82, 2.24) is 19.9 Å². The van der Waals surface area contributed by atoms with E-state index in [4.69, 9.17) is 30.0 Å². The Balaban J connectivity index is 0.000000339. The zero-order valence-corrected chi connectivity index (χ0v) is 17.1. The van der Waals surface area contributed by atoms with Crippen molar-refractivity contribution in [1.29, 1.82) is 0 Å². The number of methoxy groups -OCH3 is 1. The number of nitrogens with two attached hydrogens (primary N) is 1. The summed E-state index contributed by atoms with van der Waals surface area (Å²) in [5.74, 6) is -0.937. The number of hydrogen-bond donors (Lipinski definition) is 2. The second kappa shape index (κ2) is 8.53. The number of hydrogen-bond acceptors (Lipinski definition) is 7. The highest BCUT2D eigenvalue weighted by Crippen LogP contribution is 2.45. The number of pyridine rings is 1. The molecular weight excluding hydrogens is 419 g/mol. The number of rotatable bonds is 5. The number of anilines is 1. The maximum absolute atomic E-state index is 10.6. The lowest BCUT2D eigenvalue weighted by atomic mass is 10.1. The summed E-state index contributed by atoms with van der Waals surface area (Å²) in [6.07, 6.45) is -1.11. The number of alkyl halides is 3. The molecule has 0 unspecified atom stereocenters. The van der Waals surface area contributed by atoms with Gasteiger partial charge in [-0.15, -0.1) is 0 Å². The van der Waals surface area contributed by atoms with E-state index in [1.807, 2.05) is 10.7 Å². The zero-order valence-electron chi connectivity index (χ0n) is 17.1. The van der Waals surface area contributed by atoms with Crippen LogP contribution in [-0.2, 0) is 16.1 Å². The maximum atomic E-state index is 10.6. The van der Waals surface area contributed by atoms with E-state index < -0.39 is 12.1 Å². The normalized spacial score (nSPS) is 14.0. The van der Waals surface area contributed by atoms with Gasteiger partial charge >= 0.3 is 12.1 Å². The fourth-order valence-corrected chi connectivity index (χ4v) is 3.13. The number of carboxylic acids is 1. The van der Waals surface area contributed by atoms with E-state index in [-0.39, 0.29) is 6.04 Å². The molecule has 31 heavy (non-hydrogen) atoms. The van der Waals surface area contributed by atoms with Crippen molar-refractivity contribution in [3.8, 4) is 11.4 Å². The fraction of sp³-hybridized carbons (Fsp3) is 0.474. The lowest BCUT2D eigenvalue weighted by molar-refractivity contribution is -0.192. The van der Waals surface area contributed by atoms with E-state index in [1.54, 1.807) is 13.3 Å². The molecule has 0 atom stereocenters. The first-order chi connectivity index (χ1) is 14.6. The van der Waals surface area contributed by atoms with Crippen molar-refractivity contribution in [2.45, 2.75) is 51.4 Å². The monoisotopic (exact) mass is 441 g/mol. The number of carbonyl (C=O) groups is 1. The minimum atomic E-state index is -5.08. The summed E-state index contributed by atoms with van der Waals surface area (Å²) in [6, 6.07) is 2.13. The Morgan fingerprint density at radius 2 is 2.03 bits per heavy atom. The van der Waals surface area contributed by atoms with Gasteiger partial charge in [-0.1, -0.05) is 5.16 Å². The van der Waals surface area contributed by atoms with Crippen LogP contribution in [0.4, 0.5) is 19.0 Å². The molecule has 0 saturated heterocycles. The van der Waals surface area contributed by atoms with Crippen LogP contribution in [0.15, 0.2) is 16.8 Å². The molecule has 1 fully saturated rings. The Hall–Kier alpha value is -3.15. The minimum absolute atomic E-state index is 0.198. The van der Waals surface area contributed by atoms with Crippen LogP contribution in [0.1, 0.15) is 50.0 Å². The molecule has 0 amide bonds. The molecule has 4 rings (SSSR count). The standard InChI is InChI=1S/C17H21N5O2.C2HF3O2/c1-9(2)22-12-6-7-19-17(18)13(12)15(20-22)14-11(8-23-3)16(24-21-14)10-4-5-10;3-2(4,5)1(6)7/h6-7,9-10H,4-5,8H2,1-3H3,(H2,18,19);(H,6,7). The Morgan fingerprint density at radius 3 is 2.55 bits per heavy atom. The van der Waals surface area contributed by atoms with Crippen molar-refractivity contribution >= 4 is 22.7 Å². The summed E-state index contributed by atoms with van der Waals surface area (Å²) >= 11 is 0. The fourth-order valence-electron chi connectivity index (χ4n) is 3.13. The topological polar surface area (TPSA) is 129 Å². The summed E-state index contributed by atoms with van der Waals surface area (Å²) in [7, 11) is 1.67. The number of aliphatic carboxylic acids is 1. The molecule has 3 N–H and O–H groups in total. The molecule has 1 aliphatic rings. The van der Waals surface area contributed by atoms with Crippen LogP contribution in [0.25, 0.3) is 22.3 Å². The molecule has 12 heteroatoms. The number of aromatic nitrogens is 4. The molecular formula is C19H22F3N5O4. The molecule has 0 aromatic carbocycles. The highest BCUT2D eigenvalue weighted by atomic mass is 19.4. The Bertz CT molecular complexity index is 1090. The van der Waals surface area contributed by atoms with E-state index in [1.165, 1.54) is 0 Å². The van der Waals surface area contributed by atoms with Gasteiger partial charge in [0.1, 0.15) is 23.0 Å². The SMILES string of the molecule is COCc1c(-c2nn(C(C)C)c3ccnc(N)c23)noc1C1CC1.O=C(O)C(F)(F)F. The lowest BCUT2D eigenvalue weighted by Gasteiger charge is -2.06. The summed E-state index contributed by atoms with van der Waals surface area (Å²) in [4.78, 5) is 13.1. The summed E-state index contributed by atoms with van der Waals surface area (Å²) in [6.45, 7) is 4.61. The number of fused-ring (bicyclic) bond motifs is 1. The molecule has 0 aliphatic heterocycles. The largest absolute Gasteiger partial charge is 0.490 e. The third kappa shape index (κ3) is 4.63. The second-order valence-corrected chi connectivity index (χ2v) is 7.36. The first kappa shape index (κ1) is 22.5. The first-order valence-corrected chi connectivity index (χ1v) is 9.46. The van der Waals surface area contributed by atoms with Gasteiger partial charge in [-0.2, -0.15) is 18.3 Å². The third-order valence-corrected chi connectivity index (χ3v) is 4.66. The van der Waals surface area contributed by atoms with E-state index in [2.05, 4.69) is 24.0 Å². The van der Waals surface area contributed by atoms with E-state index in [9.17, 15) is 13.2 Å². The van der Waals surface area contributed by atoms with Crippen LogP contribution in [0.3, 0.4) is 0 Å². The summed E-state index contributed by atoms with van der Waals surface area (Å²) < 4.78 is 44.7. The molecule has 1 saturated carbocycles. The van der Waals surface area contributed by atoms with Gasteiger partial charge in [0.05, 0.1) is 23.1 Å². The first-order valence-electron chi connectivity index (χ1n) is 9.46. The predicted molar refractivity (Wildman–Crippen MR) is 104 cm³/mol. The van der Waals surface area contributed by atoms with Crippen molar-refractivity contribution in [3.63, 3.8) is 0 Å². The van der Waals surface area contributed by atoms with Gasteiger partial charge in [0.25, 0.3) is 0 Å². The van der Waals surface area contributed by atoms with Crippen LogP contribution >= 0.6 is 0 Å². The van der Waals surface area contributed by atoms with Gasteiger partial charge in [0.15, 0.2) is 0 Å². The number of ether oxygens (including phenoxy) is 1. The van der Waals surface area contributed by atoms with Gasteiger partial charge in [-0.3, -0.25) is 4.68 Å². The van der Waals surface area contributed by atoms with Crippen molar-refractivity contribution in [3.05, 3.63) is 23.6 Å². The quantitative estimate of drug-likeness (QED) is 0.610. The smallest absolute Gasteiger partial charge is 0.475 e. The van der Waals surface area contributed by atoms with Crippen molar-refractivity contribution in [2.75, 3.05) is 12.8 Å². The Kier molecular flexibility index (Phi) is 6.20. The Labute approximate surface area is 175 Å². The average Bonchev–Trinajstić information content (AvgIpc) is 3.32. The van der Waals surface area contributed by atoms with Gasteiger partial charge in [0, 0.05) is 25.3 Å². The Morgan fingerprint density at radius 1 is 1.39 bits per heavy atom. The van der Waals surface area contributed by atoms with Crippen LogP contribution in [-0.4, -0.2) is 44.3 Å². The van der Waals surface area contributed by atoms with Gasteiger partial charge < -0.3 is 20.1 Å². The number of carboxylic acid groups (broad SMARTS) is 1. The molecule has 168 valence electrons. The van der Waals surface area contributed by atoms with Crippen LogP contribution < -0.4 is 5.73 Å². The average molecular weight is 441 g/mol. The van der Waals surface area contributed by atoms with E-state index >= 15 is 0 Å². The second-order valence-electron chi connectivity index (χ2n) is 7.36. The van der Waals surface area contributed by atoms with Crippen molar-refractivity contribution < 1.29 is 32.3 Å². The van der Waals surface area contributed by atoms with E-state index in [0.29, 0.717) is 29.7 Å². The number of halogens is 3. The zero-order chi connectivity index (χ0) is 22.9. The van der Waals surface area contributed by atoms with Crippen LogP contribution in [0.5, 0.6) is 0 Å². The van der Waals surface area contributed by atoms with Gasteiger partial charge in [0.2, 0.25) is 0 Å². The third-order valence-electron chi connectivity index (χ3n) is 4.66. The molecule has 1 aliphatic carbocycles. The molecule has 3 aromatic rings. The molecule has 9 nitrogen and oxygen atoms in total.